The van der Waals surface area contributed by atoms with Gasteiger partial charge in [-0.3, -0.25) is 4.79 Å². The van der Waals surface area contributed by atoms with Gasteiger partial charge in [-0.05, 0) is 66.8 Å². The Hall–Kier alpha value is -2.92. The molecule has 1 amide bonds. The summed E-state index contributed by atoms with van der Waals surface area (Å²) in [5.74, 6) is 0.508. The molecule has 2 heterocycles. The predicted octanol–water partition coefficient (Wildman–Crippen LogP) is 3.27. The Bertz CT molecular complexity index is 881. The first-order valence-electron chi connectivity index (χ1n) is 9.47. The number of nitrogens with one attached hydrogen (secondary N) is 2. The maximum Gasteiger partial charge on any atom is 0.251 e. The van der Waals surface area contributed by atoms with E-state index in [1.165, 1.54) is 18.4 Å². The molecular weight excluding hydrogens is 336 g/mol. The molecule has 5 heteroatoms. The van der Waals surface area contributed by atoms with Crippen molar-refractivity contribution < 1.29 is 4.79 Å². The molecule has 1 aliphatic heterocycles. The number of carbonyl (C=O) groups excluding carboxylic acids is 1. The third-order valence-corrected chi connectivity index (χ3v) is 5.07. The Morgan fingerprint density at radius 3 is 2.81 bits per heavy atom. The topological polar surface area (TPSA) is 59.0 Å². The van der Waals surface area contributed by atoms with E-state index >= 15 is 0 Å². The zero-order valence-electron chi connectivity index (χ0n) is 15.3. The lowest BCUT2D eigenvalue weighted by Crippen LogP contribution is -2.28. The molecule has 0 unspecified atom stereocenters. The molecule has 1 aliphatic rings. The highest BCUT2D eigenvalue weighted by molar-refractivity contribution is 5.94. The summed E-state index contributed by atoms with van der Waals surface area (Å²) in [5.41, 5.74) is 4.04. The van der Waals surface area contributed by atoms with Gasteiger partial charge in [-0.25, -0.2) is 4.68 Å². The van der Waals surface area contributed by atoms with Crippen LogP contribution < -0.4 is 10.6 Å². The molecule has 0 aliphatic carbocycles. The Balaban J connectivity index is 1.37. The van der Waals surface area contributed by atoms with E-state index in [1.54, 1.807) is 6.20 Å². The molecule has 4 rings (SSSR count). The number of amides is 1. The lowest BCUT2D eigenvalue weighted by atomic mass is 9.91. The van der Waals surface area contributed by atoms with E-state index in [0.29, 0.717) is 18.0 Å². The van der Waals surface area contributed by atoms with Crippen LogP contribution in [0.3, 0.4) is 0 Å². The van der Waals surface area contributed by atoms with Gasteiger partial charge in [-0.1, -0.05) is 24.3 Å². The van der Waals surface area contributed by atoms with Gasteiger partial charge in [0, 0.05) is 31.0 Å². The highest BCUT2D eigenvalue weighted by Crippen LogP contribution is 2.23. The van der Waals surface area contributed by atoms with Crippen molar-refractivity contribution in [2.45, 2.75) is 25.3 Å². The van der Waals surface area contributed by atoms with E-state index in [0.717, 1.165) is 24.3 Å². The van der Waals surface area contributed by atoms with Crippen molar-refractivity contribution in [1.82, 2.24) is 20.4 Å². The zero-order valence-corrected chi connectivity index (χ0v) is 15.3. The quantitative estimate of drug-likeness (QED) is 0.734. The Kier molecular flexibility index (Phi) is 5.30. The molecule has 27 heavy (non-hydrogen) atoms. The second-order valence-electron chi connectivity index (χ2n) is 6.97. The van der Waals surface area contributed by atoms with Crippen LogP contribution in [0.25, 0.3) is 5.69 Å². The van der Waals surface area contributed by atoms with Gasteiger partial charge in [0.05, 0.1) is 5.69 Å². The fraction of sp³-hybridized carbons (Fsp3) is 0.273. The minimum atomic E-state index is -0.0483. The van der Waals surface area contributed by atoms with Crippen LogP contribution in [0, 0.1) is 0 Å². The average molecular weight is 360 g/mol. The van der Waals surface area contributed by atoms with Crippen molar-refractivity contribution in [2.24, 2.45) is 0 Å². The summed E-state index contributed by atoms with van der Waals surface area (Å²) >= 11 is 0. The molecule has 0 bridgehead atoms. The van der Waals surface area contributed by atoms with E-state index < -0.39 is 0 Å². The van der Waals surface area contributed by atoms with Crippen LogP contribution in [0.15, 0.2) is 67.0 Å². The monoisotopic (exact) mass is 360 g/mol. The molecule has 3 aromatic rings. The van der Waals surface area contributed by atoms with E-state index in [9.17, 15) is 4.79 Å². The minimum absolute atomic E-state index is 0.0483. The van der Waals surface area contributed by atoms with Crippen molar-refractivity contribution in [1.29, 1.82) is 0 Å². The number of aromatic nitrogens is 2. The van der Waals surface area contributed by atoms with Gasteiger partial charge in [-0.2, -0.15) is 5.10 Å². The standard InChI is InChI=1S/C22H24N4O/c27-22(19-9-7-18(8-10-19)20-5-2-11-23-16-20)24-15-17-4-1-6-21(14-17)26-13-3-12-25-26/h1,3-4,6-10,12-14,20,23H,2,5,11,15-16H2,(H,24,27)/t20-/m1/s1. The summed E-state index contributed by atoms with van der Waals surface area (Å²) in [6.07, 6.45) is 6.08. The SMILES string of the molecule is O=C(NCc1cccc(-n2cccn2)c1)c1ccc([C@@H]2CCCNC2)cc1. The van der Waals surface area contributed by atoms with Crippen molar-refractivity contribution in [3.8, 4) is 5.69 Å². The highest BCUT2D eigenvalue weighted by Gasteiger charge is 2.15. The largest absolute Gasteiger partial charge is 0.348 e. The third kappa shape index (κ3) is 4.26. The molecule has 5 nitrogen and oxygen atoms in total. The van der Waals surface area contributed by atoms with Gasteiger partial charge in [0.15, 0.2) is 0 Å². The van der Waals surface area contributed by atoms with Gasteiger partial charge in [0.2, 0.25) is 0 Å². The number of hydrogen-bond donors (Lipinski definition) is 2. The molecule has 0 spiro atoms. The summed E-state index contributed by atoms with van der Waals surface area (Å²) in [7, 11) is 0. The van der Waals surface area contributed by atoms with Gasteiger partial charge < -0.3 is 10.6 Å². The fourth-order valence-electron chi connectivity index (χ4n) is 3.56. The van der Waals surface area contributed by atoms with Crippen LogP contribution in [0.1, 0.15) is 40.2 Å². The van der Waals surface area contributed by atoms with Gasteiger partial charge in [0.1, 0.15) is 0 Å². The molecule has 0 saturated carbocycles. The van der Waals surface area contributed by atoms with Crippen molar-refractivity contribution >= 4 is 5.91 Å². The molecule has 2 aromatic carbocycles. The Morgan fingerprint density at radius 1 is 1.19 bits per heavy atom. The van der Waals surface area contributed by atoms with Crippen molar-refractivity contribution in [3.63, 3.8) is 0 Å². The van der Waals surface area contributed by atoms with E-state index in [2.05, 4.69) is 27.9 Å². The molecule has 1 fully saturated rings. The maximum atomic E-state index is 12.5. The number of hydrogen-bond acceptors (Lipinski definition) is 3. The highest BCUT2D eigenvalue weighted by atomic mass is 16.1. The predicted molar refractivity (Wildman–Crippen MR) is 106 cm³/mol. The molecule has 2 N–H and O–H groups in total. The van der Waals surface area contributed by atoms with Crippen LogP contribution in [0.2, 0.25) is 0 Å². The number of rotatable bonds is 5. The molecule has 1 aromatic heterocycles. The van der Waals surface area contributed by atoms with E-state index in [1.807, 2.05) is 53.3 Å². The van der Waals surface area contributed by atoms with Crippen LogP contribution in [-0.2, 0) is 6.54 Å². The first-order chi connectivity index (χ1) is 13.3. The number of piperidine rings is 1. The normalized spacial score (nSPS) is 16.8. The Labute approximate surface area is 159 Å². The first kappa shape index (κ1) is 17.5. The molecular formula is C22H24N4O. The van der Waals surface area contributed by atoms with Crippen LogP contribution in [0.4, 0.5) is 0 Å². The summed E-state index contributed by atoms with van der Waals surface area (Å²) in [6.45, 7) is 2.62. The first-order valence-corrected chi connectivity index (χ1v) is 9.47. The van der Waals surface area contributed by atoms with Crippen LogP contribution >= 0.6 is 0 Å². The summed E-state index contributed by atoms with van der Waals surface area (Å²) in [6, 6.07) is 17.9. The number of benzene rings is 2. The molecule has 138 valence electrons. The van der Waals surface area contributed by atoms with Crippen molar-refractivity contribution in [2.75, 3.05) is 13.1 Å². The van der Waals surface area contributed by atoms with E-state index in [4.69, 9.17) is 0 Å². The van der Waals surface area contributed by atoms with E-state index in [-0.39, 0.29) is 5.91 Å². The number of nitrogens with zero attached hydrogens (tertiary/aromatic N) is 2. The minimum Gasteiger partial charge on any atom is -0.348 e. The average Bonchev–Trinajstić information content (AvgIpc) is 3.28. The zero-order chi connectivity index (χ0) is 18.5. The molecule has 1 saturated heterocycles. The number of carbonyl (C=O) groups is 1. The van der Waals surface area contributed by atoms with Gasteiger partial charge in [0.25, 0.3) is 5.91 Å². The Morgan fingerprint density at radius 2 is 2.07 bits per heavy atom. The van der Waals surface area contributed by atoms with Crippen LogP contribution in [0.5, 0.6) is 0 Å². The van der Waals surface area contributed by atoms with Gasteiger partial charge in [-0.15, -0.1) is 0 Å². The maximum absolute atomic E-state index is 12.5. The summed E-state index contributed by atoms with van der Waals surface area (Å²) in [4.78, 5) is 12.5. The smallest absolute Gasteiger partial charge is 0.251 e. The lowest BCUT2D eigenvalue weighted by Gasteiger charge is -2.23. The second kappa shape index (κ2) is 8.18. The lowest BCUT2D eigenvalue weighted by molar-refractivity contribution is 0.0951. The summed E-state index contributed by atoms with van der Waals surface area (Å²) in [5, 5.41) is 10.7. The molecule has 1 atom stereocenters. The second-order valence-corrected chi connectivity index (χ2v) is 6.97. The third-order valence-electron chi connectivity index (χ3n) is 5.07. The van der Waals surface area contributed by atoms with Crippen LogP contribution in [-0.4, -0.2) is 28.8 Å². The van der Waals surface area contributed by atoms with Crippen molar-refractivity contribution in [3.05, 3.63) is 83.7 Å². The van der Waals surface area contributed by atoms with Gasteiger partial charge >= 0.3 is 0 Å². The summed E-state index contributed by atoms with van der Waals surface area (Å²) < 4.78 is 1.81. The molecule has 0 radical (unpaired) electrons. The fourth-order valence-corrected chi connectivity index (χ4v) is 3.56.